The van der Waals surface area contributed by atoms with Gasteiger partial charge in [0.05, 0.1) is 5.56 Å². The van der Waals surface area contributed by atoms with Crippen LogP contribution in [-0.4, -0.2) is 4.57 Å². The lowest BCUT2D eigenvalue weighted by Gasteiger charge is -2.08. The van der Waals surface area contributed by atoms with E-state index >= 15 is 0 Å². The standard InChI is InChI=1S/C16H12F3N/c1-20-10-14(13-7-2-3-8-15(13)20)11-5-4-6-12(9-11)16(17,18)19/h2-10H,1H3. The maximum absolute atomic E-state index is 12.8. The van der Waals surface area contributed by atoms with Crippen molar-refractivity contribution < 1.29 is 13.2 Å². The van der Waals surface area contributed by atoms with E-state index in [0.717, 1.165) is 22.5 Å². The third-order valence-electron chi connectivity index (χ3n) is 3.40. The fraction of sp³-hybridized carbons (Fsp3) is 0.125. The van der Waals surface area contributed by atoms with Crippen LogP contribution in [0.3, 0.4) is 0 Å². The molecule has 0 spiro atoms. The molecule has 0 atom stereocenters. The number of aryl methyl sites for hydroxylation is 1. The highest BCUT2D eigenvalue weighted by Crippen LogP contribution is 2.35. The lowest BCUT2D eigenvalue weighted by atomic mass is 10.0. The fourth-order valence-corrected chi connectivity index (χ4v) is 2.43. The summed E-state index contributed by atoms with van der Waals surface area (Å²) in [6.45, 7) is 0. The van der Waals surface area contributed by atoms with Crippen LogP contribution in [0.4, 0.5) is 13.2 Å². The first-order chi connectivity index (χ1) is 9.47. The highest BCUT2D eigenvalue weighted by Gasteiger charge is 2.30. The van der Waals surface area contributed by atoms with Crippen LogP contribution in [0.25, 0.3) is 22.0 Å². The van der Waals surface area contributed by atoms with E-state index in [1.807, 2.05) is 42.1 Å². The first-order valence-corrected chi connectivity index (χ1v) is 6.18. The number of aromatic nitrogens is 1. The van der Waals surface area contributed by atoms with Crippen LogP contribution >= 0.6 is 0 Å². The van der Waals surface area contributed by atoms with Gasteiger partial charge in [0.15, 0.2) is 0 Å². The summed E-state index contributed by atoms with van der Waals surface area (Å²) in [5, 5.41) is 0.953. The molecule has 0 aliphatic heterocycles. The van der Waals surface area contributed by atoms with E-state index in [1.54, 1.807) is 6.07 Å². The average molecular weight is 275 g/mol. The van der Waals surface area contributed by atoms with E-state index in [4.69, 9.17) is 0 Å². The molecule has 1 heterocycles. The van der Waals surface area contributed by atoms with Gasteiger partial charge in [0, 0.05) is 29.7 Å². The Balaban J connectivity index is 2.21. The molecule has 3 rings (SSSR count). The van der Waals surface area contributed by atoms with Gasteiger partial charge in [0.1, 0.15) is 0 Å². The first-order valence-electron chi connectivity index (χ1n) is 6.18. The number of alkyl halides is 3. The molecule has 3 aromatic rings. The van der Waals surface area contributed by atoms with Crippen LogP contribution < -0.4 is 0 Å². The molecule has 0 radical (unpaired) electrons. The Bertz CT molecular complexity index is 769. The van der Waals surface area contributed by atoms with Crippen molar-refractivity contribution in [1.82, 2.24) is 4.57 Å². The van der Waals surface area contributed by atoms with Crippen LogP contribution in [0, 0.1) is 0 Å². The highest BCUT2D eigenvalue weighted by molar-refractivity contribution is 5.96. The number of hydrogen-bond acceptors (Lipinski definition) is 0. The van der Waals surface area contributed by atoms with E-state index in [1.165, 1.54) is 12.1 Å². The number of hydrogen-bond donors (Lipinski definition) is 0. The van der Waals surface area contributed by atoms with Gasteiger partial charge in [-0.15, -0.1) is 0 Å². The van der Waals surface area contributed by atoms with E-state index < -0.39 is 11.7 Å². The van der Waals surface area contributed by atoms with Gasteiger partial charge < -0.3 is 4.57 Å². The molecule has 1 aromatic heterocycles. The lowest BCUT2D eigenvalue weighted by molar-refractivity contribution is -0.137. The quantitative estimate of drug-likeness (QED) is 0.597. The Hall–Kier alpha value is -2.23. The molecule has 0 aliphatic rings. The largest absolute Gasteiger partial charge is 0.416 e. The van der Waals surface area contributed by atoms with Crippen molar-refractivity contribution in [1.29, 1.82) is 0 Å². The lowest BCUT2D eigenvalue weighted by Crippen LogP contribution is -2.04. The summed E-state index contributed by atoms with van der Waals surface area (Å²) in [5.41, 5.74) is 1.77. The fourth-order valence-electron chi connectivity index (χ4n) is 2.43. The van der Waals surface area contributed by atoms with Gasteiger partial charge in [-0.25, -0.2) is 0 Å². The molecule has 0 amide bonds. The number of halogens is 3. The SMILES string of the molecule is Cn1cc(-c2cccc(C(F)(F)F)c2)c2ccccc21. The van der Waals surface area contributed by atoms with E-state index in [2.05, 4.69) is 0 Å². The van der Waals surface area contributed by atoms with Crippen molar-refractivity contribution in [3.63, 3.8) is 0 Å². The van der Waals surface area contributed by atoms with Crippen LogP contribution in [0.2, 0.25) is 0 Å². The van der Waals surface area contributed by atoms with Crippen LogP contribution in [-0.2, 0) is 13.2 Å². The molecule has 0 fully saturated rings. The Labute approximate surface area is 114 Å². The van der Waals surface area contributed by atoms with Crippen molar-refractivity contribution in [2.24, 2.45) is 7.05 Å². The van der Waals surface area contributed by atoms with Crippen molar-refractivity contribution >= 4 is 10.9 Å². The zero-order valence-corrected chi connectivity index (χ0v) is 10.8. The normalized spacial score (nSPS) is 12.0. The summed E-state index contributed by atoms with van der Waals surface area (Å²) in [4.78, 5) is 0. The molecule has 0 saturated heterocycles. The summed E-state index contributed by atoms with van der Waals surface area (Å²) in [5.74, 6) is 0. The van der Waals surface area contributed by atoms with E-state index in [0.29, 0.717) is 5.56 Å². The molecule has 0 N–H and O–H groups in total. The molecule has 4 heteroatoms. The second kappa shape index (κ2) is 4.40. The van der Waals surface area contributed by atoms with Crippen molar-refractivity contribution in [3.8, 4) is 11.1 Å². The monoisotopic (exact) mass is 275 g/mol. The minimum absolute atomic E-state index is 0.580. The van der Waals surface area contributed by atoms with Crippen molar-refractivity contribution in [2.45, 2.75) is 6.18 Å². The van der Waals surface area contributed by atoms with Crippen LogP contribution in [0.5, 0.6) is 0 Å². The molecule has 20 heavy (non-hydrogen) atoms. The third-order valence-corrected chi connectivity index (χ3v) is 3.40. The number of para-hydroxylation sites is 1. The van der Waals surface area contributed by atoms with E-state index in [9.17, 15) is 13.2 Å². The number of nitrogens with zero attached hydrogens (tertiary/aromatic N) is 1. The predicted molar refractivity (Wildman–Crippen MR) is 73.4 cm³/mol. The highest BCUT2D eigenvalue weighted by atomic mass is 19.4. The molecule has 0 bridgehead atoms. The van der Waals surface area contributed by atoms with Gasteiger partial charge in [-0.2, -0.15) is 13.2 Å². The first kappa shape index (κ1) is 12.8. The molecule has 2 aromatic carbocycles. The average Bonchev–Trinajstić information content (AvgIpc) is 2.76. The Kier molecular flexibility index (Phi) is 2.82. The minimum Gasteiger partial charge on any atom is -0.350 e. The molecule has 1 nitrogen and oxygen atoms in total. The molecule has 0 unspecified atom stereocenters. The van der Waals surface area contributed by atoms with Gasteiger partial charge in [-0.05, 0) is 23.8 Å². The molecule has 0 aliphatic carbocycles. The van der Waals surface area contributed by atoms with Crippen LogP contribution in [0.15, 0.2) is 54.7 Å². The summed E-state index contributed by atoms with van der Waals surface area (Å²) in [7, 11) is 1.89. The Morgan fingerprint density at radius 3 is 2.45 bits per heavy atom. The molecular formula is C16H12F3N. The summed E-state index contributed by atoms with van der Waals surface area (Å²) >= 11 is 0. The number of fused-ring (bicyclic) bond motifs is 1. The Morgan fingerprint density at radius 1 is 0.950 bits per heavy atom. The summed E-state index contributed by atoms with van der Waals surface area (Å²) in [6.07, 6.45) is -2.46. The topological polar surface area (TPSA) is 4.93 Å². The molecular weight excluding hydrogens is 263 g/mol. The summed E-state index contributed by atoms with van der Waals surface area (Å²) < 4.78 is 40.3. The van der Waals surface area contributed by atoms with Gasteiger partial charge >= 0.3 is 6.18 Å². The van der Waals surface area contributed by atoms with E-state index in [-0.39, 0.29) is 0 Å². The van der Waals surface area contributed by atoms with Crippen molar-refractivity contribution in [3.05, 3.63) is 60.3 Å². The third kappa shape index (κ3) is 2.07. The zero-order chi connectivity index (χ0) is 14.3. The molecule has 102 valence electrons. The smallest absolute Gasteiger partial charge is 0.350 e. The van der Waals surface area contributed by atoms with Gasteiger partial charge in [-0.3, -0.25) is 0 Å². The van der Waals surface area contributed by atoms with Crippen LogP contribution in [0.1, 0.15) is 5.56 Å². The maximum atomic E-state index is 12.8. The van der Waals surface area contributed by atoms with Gasteiger partial charge in [0.25, 0.3) is 0 Å². The Morgan fingerprint density at radius 2 is 1.70 bits per heavy atom. The van der Waals surface area contributed by atoms with Crippen molar-refractivity contribution in [2.75, 3.05) is 0 Å². The second-order valence-electron chi connectivity index (χ2n) is 4.75. The molecule has 0 saturated carbocycles. The maximum Gasteiger partial charge on any atom is 0.416 e. The van der Waals surface area contributed by atoms with Gasteiger partial charge in [-0.1, -0.05) is 30.3 Å². The minimum atomic E-state index is -4.32. The zero-order valence-electron chi connectivity index (χ0n) is 10.8. The van der Waals surface area contributed by atoms with Gasteiger partial charge in [0.2, 0.25) is 0 Å². The number of benzene rings is 2. The summed E-state index contributed by atoms with van der Waals surface area (Å²) in [6, 6.07) is 13.1. The number of rotatable bonds is 1. The predicted octanol–water partition coefficient (Wildman–Crippen LogP) is 4.86. The second-order valence-corrected chi connectivity index (χ2v) is 4.75.